The number of hydrogen-bond acceptors (Lipinski definition) is 6. The van der Waals surface area contributed by atoms with Crippen LogP contribution in [0.25, 0.3) is 28.2 Å². The van der Waals surface area contributed by atoms with Crippen LogP contribution in [-0.2, 0) is 0 Å². The van der Waals surface area contributed by atoms with Crippen LogP contribution < -0.4 is 16.4 Å². The van der Waals surface area contributed by atoms with Gasteiger partial charge >= 0.3 is 0 Å². The van der Waals surface area contributed by atoms with E-state index in [4.69, 9.17) is 21.1 Å². The van der Waals surface area contributed by atoms with Gasteiger partial charge in [0.05, 0.1) is 17.1 Å². The first kappa shape index (κ1) is 16.5. The van der Waals surface area contributed by atoms with E-state index in [0.717, 1.165) is 28.1 Å². The maximum absolute atomic E-state index is 7.38. The van der Waals surface area contributed by atoms with E-state index in [0.29, 0.717) is 28.7 Å². The highest BCUT2D eigenvalue weighted by Gasteiger charge is 2.22. The van der Waals surface area contributed by atoms with Gasteiger partial charge in [-0.1, -0.05) is 49.6 Å². The van der Waals surface area contributed by atoms with Crippen molar-refractivity contribution in [1.82, 2.24) is 15.3 Å². The molecule has 27 heavy (non-hydrogen) atoms. The van der Waals surface area contributed by atoms with E-state index in [1.165, 1.54) is 6.21 Å². The van der Waals surface area contributed by atoms with Crippen molar-refractivity contribution >= 4 is 23.4 Å². The molecule has 0 saturated carbocycles. The number of anilines is 2. The van der Waals surface area contributed by atoms with Crippen LogP contribution in [0, 0.1) is 5.41 Å². The van der Waals surface area contributed by atoms with E-state index in [-0.39, 0.29) is 0 Å². The summed E-state index contributed by atoms with van der Waals surface area (Å²) in [6.45, 7) is 7.91. The van der Waals surface area contributed by atoms with Crippen molar-refractivity contribution in [3.05, 3.63) is 78.8 Å². The minimum atomic E-state index is 0.605. The Morgan fingerprint density at radius 3 is 2.04 bits per heavy atom. The van der Waals surface area contributed by atoms with Gasteiger partial charge in [-0.15, -0.1) is 0 Å². The van der Waals surface area contributed by atoms with Crippen LogP contribution in [0.1, 0.15) is 11.3 Å². The third-order valence-electron chi connectivity index (χ3n) is 4.29. The first-order valence-corrected chi connectivity index (χ1v) is 8.36. The normalized spacial score (nSPS) is 12.7. The van der Waals surface area contributed by atoms with Gasteiger partial charge in [-0.3, -0.25) is 0 Å². The summed E-state index contributed by atoms with van der Waals surface area (Å²) in [4.78, 5) is 9.65. The fourth-order valence-electron chi connectivity index (χ4n) is 2.93. The van der Waals surface area contributed by atoms with Crippen LogP contribution in [0.2, 0.25) is 0 Å². The number of nitrogens with one attached hydrogen (secondary N) is 3. The average molecular weight is 354 g/mol. The van der Waals surface area contributed by atoms with E-state index in [9.17, 15) is 0 Å². The van der Waals surface area contributed by atoms with Crippen molar-refractivity contribution in [3.8, 4) is 22.5 Å². The van der Waals surface area contributed by atoms with E-state index >= 15 is 0 Å². The predicted octanol–water partition coefficient (Wildman–Crippen LogP) is 3.85. The number of nitrogen functional groups attached to an aromatic ring is 1. The molecule has 0 aliphatic carbocycles. The van der Waals surface area contributed by atoms with Crippen molar-refractivity contribution in [2.75, 3.05) is 11.1 Å². The smallest absolute Gasteiger partial charge is 0.160 e. The quantitative estimate of drug-likeness (QED) is 0.423. The Labute approximate surface area is 157 Å². The molecule has 1 aliphatic heterocycles. The van der Waals surface area contributed by atoms with Gasteiger partial charge in [0.2, 0.25) is 0 Å². The van der Waals surface area contributed by atoms with Crippen LogP contribution in [-0.4, -0.2) is 16.2 Å². The lowest BCUT2D eigenvalue weighted by molar-refractivity contribution is 1.01. The van der Waals surface area contributed by atoms with Crippen molar-refractivity contribution in [1.29, 1.82) is 5.41 Å². The second kappa shape index (κ2) is 6.42. The summed E-state index contributed by atoms with van der Waals surface area (Å²) < 4.78 is 0. The van der Waals surface area contributed by atoms with Crippen LogP contribution in [0.15, 0.2) is 67.5 Å². The molecule has 0 radical (unpaired) electrons. The van der Waals surface area contributed by atoms with Crippen LogP contribution in [0.3, 0.4) is 0 Å². The fourth-order valence-corrected chi connectivity index (χ4v) is 2.93. The highest BCUT2D eigenvalue weighted by Crippen LogP contribution is 2.34. The molecule has 3 aromatic rings. The van der Waals surface area contributed by atoms with Gasteiger partial charge in [-0.25, -0.2) is 9.97 Å². The molecule has 0 saturated heterocycles. The van der Waals surface area contributed by atoms with Gasteiger partial charge in [0.25, 0.3) is 0 Å². The van der Waals surface area contributed by atoms with Crippen molar-refractivity contribution in [3.63, 3.8) is 0 Å². The Morgan fingerprint density at radius 1 is 0.815 bits per heavy atom. The molecule has 4 rings (SSSR count). The van der Waals surface area contributed by atoms with Gasteiger partial charge in [0.15, 0.2) is 5.82 Å². The van der Waals surface area contributed by atoms with Gasteiger partial charge in [0.1, 0.15) is 11.5 Å². The molecule has 0 atom stereocenters. The summed E-state index contributed by atoms with van der Waals surface area (Å²) in [6, 6.07) is 15.1. The Kier molecular flexibility index (Phi) is 3.93. The SMILES string of the molecule is C=C1NC(=C)c2nc(-c3ccc(C=N)cc3)c(-c3ccc(N)cc3)nc2N1. The van der Waals surface area contributed by atoms with Gasteiger partial charge in [-0.05, 0) is 17.7 Å². The third kappa shape index (κ3) is 3.04. The topological polar surface area (TPSA) is 99.7 Å². The first-order valence-electron chi connectivity index (χ1n) is 8.36. The molecular weight excluding hydrogens is 336 g/mol. The molecule has 1 aliphatic rings. The average Bonchev–Trinajstić information content (AvgIpc) is 2.68. The highest BCUT2D eigenvalue weighted by molar-refractivity contribution is 5.85. The molecule has 1 aromatic heterocycles. The van der Waals surface area contributed by atoms with Gasteiger partial charge in [0, 0.05) is 23.0 Å². The van der Waals surface area contributed by atoms with Crippen molar-refractivity contribution < 1.29 is 0 Å². The molecule has 0 unspecified atom stereocenters. The zero-order chi connectivity index (χ0) is 19.0. The van der Waals surface area contributed by atoms with Gasteiger partial charge < -0.3 is 21.8 Å². The zero-order valence-corrected chi connectivity index (χ0v) is 14.6. The van der Waals surface area contributed by atoms with Crippen molar-refractivity contribution in [2.24, 2.45) is 0 Å². The molecule has 5 N–H and O–H groups in total. The monoisotopic (exact) mass is 354 g/mol. The van der Waals surface area contributed by atoms with Gasteiger partial charge in [-0.2, -0.15) is 0 Å². The Morgan fingerprint density at radius 2 is 1.41 bits per heavy atom. The minimum absolute atomic E-state index is 0.605. The maximum atomic E-state index is 7.38. The summed E-state index contributed by atoms with van der Waals surface area (Å²) in [6.07, 6.45) is 1.31. The van der Waals surface area contributed by atoms with E-state index in [1.54, 1.807) is 0 Å². The Hall–Kier alpha value is -3.93. The second-order valence-corrected chi connectivity index (χ2v) is 6.21. The molecule has 0 spiro atoms. The van der Waals surface area contributed by atoms with E-state index in [1.807, 2.05) is 48.5 Å². The number of nitrogens with zero attached hydrogens (tertiary/aromatic N) is 2. The summed E-state index contributed by atoms with van der Waals surface area (Å²) >= 11 is 0. The molecular formula is C21H18N6. The number of benzene rings is 2. The summed E-state index contributed by atoms with van der Waals surface area (Å²) in [5.74, 6) is 1.21. The largest absolute Gasteiger partial charge is 0.399 e. The Bertz CT molecular complexity index is 1070. The number of rotatable bonds is 3. The lowest BCUT2D eigenvalue weighted by Gasteiger charge is -2.24. The van der Waals surface area contributed by atoms with Crippen LogP contribution in [0.4, 0.5) is 11.5 Å². The minimum Gasteiger partial charge on any atom is -0.399 e. The summed E-state index contributed by atoms with van der Waals surface area (Å²) in [7, 11) is 0. The molecule has 0 amide bonds. The zero-order valence-electron chi connectivity index (χ0n) is 14.6. The lowest BCUT2D eigenvalue weighted by Crippen LogP contribution is -2.25. The highest BCUT2D eigenvalue weighted by atomic mass is 15.2. The first-order chi connectivity index (χ1) is 13.0. The predicted molar refractivity (Wildman–Crippen MR) is 110 cm³/mol. The lowest BCUT2D eigenvalue weighted by atomic mass is 10.0. The summed E-state index contributed by atoms with van der Waals surface area (Å²) in [5.41, 5.74) is 11.9. The molecule has 0 bridgehead atoms. The second-order valence-electron chi connectivity index (χ2n) is 6.21. The number of hydrogen-bond donors (Lipinski definition) is 4. The third-order valence-corrected chi connectivity index (χ3v) is 4.29. The molecule has 6 heteroatoms. The number of nitrogens with two attached hydrogens (primary N) is 1. The van der Waals surface area contributed by atoms with Crippen LogP contribution in [0.5, 0.6) is 0 Å². The molecule has 0 fully saturated rings. The van der Waals surface area contributed by atoms with Crippen molar-refractivity contribution in [2.45, 2.75) is 0 Å². The number of fused-ring (bicyclic) bond motifs is 1. The Balaban J connectivity index is 1.95. The summed E-state index contributed by atoms with van der Waals surface area (Å²) in [5, 5.41) is 13.5. The maximum Gasteiger partial charge on any atom is 0.160 e. The van der Waals surface area contributed by atoms with E-state index < -0.39 is 0 Å². The fraction of sp³-hybridized carbons (Fsp3) is 0. The number of aromatic nitrogens is 2. The molecule has 132 valence electrons. The van der Waals surface area contributed by atoms with E-state index in [2.05, 4.69) is 23.8 Å². The molecule has 2 aromatic carbocycles. The standard InChI is InChI=1S/C21H18N6/c1-12-18-21(25-13(2)24-12)27-20(16-7-9-17(23)10-8-16)19(26-18)15-5-3-14(11-22)4-6-15/h3-11,22,24H,1-2,23H2,(H,25,27). The van der Waals surface area contributed by atoms with Crippen LogP contribution >= 0.6 is 0 Å². The molecule has 6 nitrogen and oxygen atoms in total. The molecule has 2 heterocycles.